The number of nitrogens with zero attached hydrogens (tertiary/aromatic N) is 2. The molecule has 1 aromatic carbocycles. The van der Waals surface area contributed by atoms with Gasteiger partial charge in [0.2, 0.25) is 5.69 Å². The molecule has 0 spiro atoms. The van der Waals surface area contributed by atoms with Crippen LogP contribution in [-0.4, -0.2) is 4.98 Å². The van der Waals surface area contributed by atoms with E-state index in [9.17, 15) is 13.2 Å². The van der Waals surface area contributed by atoms with Crippen LogP contribution in [0.4, 0.5) is 13.2 Å². The molecule has 0 bridgehead atoms. The van der Waals surface area contributed by atoms with E-state index in [0.29, 0.717) is 5.56 Å². The number of hydrogen-bond donors (Lipinski definition) is 0. The van der Waals surface area contributed by atoms with Crippen LogP contribution >= 0.6 is 0 Å². The average Bonchev–Trinajstić information content (AvgIpc) is 2.29. The fourth-order valence-electron chi connectivity index (χ4n) is 2.13. The van der Waals surface area contributed by atoms with Crippen molar-refractivity contribution in [2.75, 3.05) is 0 Å². The van der Waals surface area contributed by atoms with Crippen molar-refractivity contribution in [3.8, 4) is 11.3 Å². The van der Waals surface area contributed by atoms with Gasteiger partial charge in [-0.2, -0.15) is 17.7 Å². The van der Waals surface area contributed by atoms with Gasteiger partial charge >= 0.3 is 6.18 Å². The summed E-state index contributed by atoms with van der Waals surface area (Å²) in [7, 11) is 1.85. The van der Waals surface area contributed by atoms with Crippen molar-refractivity contribution in [2.45, 2.75) is 20.0 Å². The van der Waals surface area contributed by atoms with Crippen LogP contribution in [0.5, 0.6) is 0 Å². The maximum Gasteiger partial charge on any atom is 0.416 e. The molecule has 0 N–H and O–H groups in total. The summed E-state index contributed by atoms with van der Waals surface area (Å²) in [5.41, 5.74) is 2.34. The molecule has 2 rings (SSSR count). The van der Waals surface area contributed by atoms with Crippen molar-refractivity contribution >= 4 is 0 Å². The lowest BCUT2D eigenvalue weighted by Gasteiger charge is -2.10. The van der Waals surface area contributed by atoms with Crippen LogP contribution in [-0.2, 0) is 13.2 Å². The van der Waals surface area contributed by atoms with Crippen LogP contribution < -0.4 is 4.57 Å². The van der Waals surface area contributed by atoms with E-state index < -0.39 is 11.7 Å². The number of rotatable bonds is 1. The summed E-state index contributed by atoms with van der Waals surface area (Å²) in [4.78, 5) is 4.19. The number of alkyl halides is 3. The number of aryl methyl sites for hydroxylation is 3. The van der Waals surface area contributed by atoms with Crippen molar-refractivity contribution in [3.05, 3.63) is 47.4 Å². The molecular formula is C14H14F3N2+. The minimum atomic E-state index is -4.31. The van der Waals surface area contributed by atoms with Gasteiger partial charge in [-0.1, -0.05) is 0 Å². The van der Waals surface area contributed by atoms with Crippen LogP contribution in [0.1, 0.15) is 16.8 Å². The van der Waals surface area contributed by atoms with E-state index in [4.69, 9.17) is 0 Å². The Bertz CT molecular complexity index is 598. The van der Waals surface area contributed by atoms with Crippen molar-refractivity contribution in [1.82, 2.24) is 4.98 Å². The largest absolute Gasteiger partial charge is 0.416 e. The number of halogens is 3. The Hall–Kier alpha value is -1.91. The predicted molar refractivity (Wildman–Crippen MR) is 65.3 cm³/mol. The molecule has 1 aromatic heterocycles. The summed E-state index contributed by atoms with van der Waals surface area (Å²) in [6, 6.07) is 3.78. The lowest BCUT2D eigenvalue weighted by molar-refractivity contribution is -0.661. The molecule has 19 heavy (non-hydrogen) atoms. The smallest absolute Gasteiger partial charge is 0.248 e. The quantitative estimate of drug-likeness (QED) is 0.725. The first kappa shape index (κ1) is 13.5. The Morgan fingerprint density at radius 2 is 1.84 bits per heavy atom. The highest BCUT2D eigenvalue weighted by atomic mass is 19.4. The molecule has 0 amide bonds. The van der Waals surface area contributed by atoms with Gasteiger partial charge in [0.05, 0.1) is 17.3 Å². The second-order valence-electron chi connectivity index (χ2n) is 4.50. The molecule has 0 aliphatic heterocycles. The van der Waals surface area contributed by atoms with Gasteiger partial charge in [0.25, 0.3) is 0 Å². The summed E-state index contributed by atoms with van der Waals surface area (Å²) < 4.78 is 39.8. The standard InChI is InChI=1S/C14H14F3N2/c1-9-8-11(14(15,16)17)4-5-12(9)13-10(2)18-6-7-19(13)3/h4-8H,1-3H3/q+1. The number of benzene rings is 1. The predicted octanol–water partition coefficient (Wildman–Crippen LogP) is 3.21. The minimum absolute atomic E-state index is 0.585. The van der Waals surface area contributed by atoms with Crippen molar-refractivity contribution in [2.24, 2.45) is 7.05 Å². The molecule has 0 aliphatic rings. The van der Waals surface area contributed by atoms with Crippen molar-refractivity contribution in [1.29, 1.82) is 0 Å². The maximum atomic E-state index is 12.6. The summed E-state index contributed by atoms with van der Waals surface area (Å²) in [5.74, 6) is 0. The highest BCUT2D eigenvalue weighted by molar-refractivity contribution is 5.63. The molecule has 2 aromatic rings. The second-order valence-corrected chi connectivity index (χ2v) is 4.50. The third-order valence-corrected chi connectivity index (χ3v) is 3.06. The molecule has 0 atom stereocenters. The van der Waals surface area contributed by atoms with Gasteiger partial charge < -0.3 is 0 Å². The normalized spacial score (nSPS) is 11.7. The van der Waals surface area contributed by atoms with Gasteiger partial charge in [-0.3, -0.25) is 0 Å². The van der Waals surface area contributed by atoms with E-state index >= 15 is 0 Å². The first-order valence-corrected chi connectivity index (χ1v) is 5.80. The lowest BCUT2D eigenvalue weighted by Crippen LogP contribution is -2.32. The Morgan fingerprint density at radius 1 is 1.16 bits per heavy atom. The zero-order chi connectivity index (χ0) is 14.2. The first-order valence-electron chi connectivity index (χ1n) is 5.80. The highest BCUT2D eigenvalue weighted by Crippen LogP contribution is 2.32. The Kier molecular flexibility index (Phi) is 3.30. The van der Waals surface area contributed by atoms with Crippen LogP contribution in [0.15, 0.2) is 30.6 Å². The molecule has 1 heterocycles. The van der Waals surface area contributed by atoms with E-state index in [0.717, 1.165) is 23.0 Å². The molecule has 2 nitrogen and oxygen atoms in total. The topological polar surface area (TPSA) is 16.8 Å². The molecule has 5 heteroatoms. The third kappa shape index (κ3) is 2.59. The molecule has 100 valence electrons. The van der Waals surface area contributed by atoms with E-state index in [-0.39, 0.29) is 0 Å². The van der Waals surface area contributed by atoms with Crippen molar-refractivity contribution in [3.63, 3.8) is 0 Å². The molecule has 0 radical (unpaired) electrons. The molecule has 0 unspecified atom stereocenters. The Balaban J connectivity index is 2.59. The second kappa shape index (κ2) is 4.64. The van der Waals surface area contributed by atoms with Gasteiger partial charge in [-0.05, 0) is 37.6 Å². The van der Waals surface area contributed by atoms with Gasteiger partial charge in [0, 0.05) is 0 Å². The monoisotopic (exact) mass is 267 g/mol. The average molecular weight is 267 g/mol. The first-order chi connectivity index (χ1) is 8.80. The fraction of sp³-hybridized carbons (Fsp3) is 0.286. The van der Waals surface area contributed by atoms with Crippen LogP contribution in [0, 0.1) is 13.8 Å². The van der Waals surface area contributed by atoms with Gasteiger partial charge in [-0.25, -0.2) is 4.98 Å². The third-order valence-electron chi connectivity index (χ3n) is 3.06. The summed E-state index contributed by atoms with van der Waals surface area (Å²) >= 11 is 0. The Labute approximate surface area is 109 Å². The van der Waals surface area contributed by atoms with Crippen LogP contribution in [0.2, 0.25) is 0 Å². The summed E-state index contributed by atoms with van der Waals surface area (Å²) in [5, 5.41) is 0. The highest BCUT2D eigenvalue weighted by Gasteiger charge is 2.31. The maximum absolute atomic E-state index is 12.6. The van der Waals surface area contributed by atoms with Crippen molar-refractivity contribution < 1.29 is 17.7 Å². The fourth-order valence-corrected chi connectivity index (χ4v) is 2.13. The van der Waals surface area contributed by atoms with Gasteiger partial charge in [0.1, 0.15) is 12.7 Å². The minimum Gasteiger partial charge on any atom is -0.248 e. The zero-order valence-electron chi connectivity index (χ0n) is 10.9. The molecule has 0 saturated heterocycles. The molecule has 0 aliphatic carbocycles. The summed E-state index contributed by atoms with van der Waals surface area (Å²) in [6.45, 7) is 3.52. The van der Waals surface area contributed by atoms with Crippen LogP contribution in [0.3, 0.4) is 0 Å². The van der Waals surface area contributed by atoms with Gasteiger partial charge in [-0.15, -0.1) is 0 Å². The van der Waals surface area contributed by atoms with E-state index in [1.807, 2.05) is 18.5 Å². The zero-order valence-corrected chi connectivity index (χ0v) is 10.9. The van der Waals surface area contributed by atoms with E-state index in [1.165, 1.54) is 12.1 Å². The lowest BCUT2D eigenvalue weighted by atomic mass is 10.0. The van der Waals surface area contributed by atoms with Crippen LogP contribution in [0.25, 0.3) is 11.3 Å². The SMILES string of the molecule is Cc1cc(C(F)(F)F)ccc1-c1c(C)ncc[n+]1C. The van der Waals surface area contributed by atoms with E-state index in [1.54, 1.807) is 19.3 Å². The number of aromatic nitrogens is 2. The Morgan fingerprint density at radius 3 is 2.37 bits per heavy atom. The van der Waals surface area contributed by atoms with E-state index in [2.05, 4.69) is 4.98 Å². The van der Waals surface area contributed by atoms with Gasteiger partial charge in [0.15, 0.2) is 6.20 Å². The number of hydrogen-bond acceptors (Lipinski definition) is 1. The molecule has 0 fully saturated rings. The molecular weight excluding hydrogens is 253 g/mol. The summed E-state index contributed by atoms with van der Waals surface area (Å²) in [6.07, 6.45) is -0.868. The molecule has 0 saturated carbocycles.